The molecule has 0 aliphatic carbocycles. The Kier molecular flexibility index (Phi) is 5.36. The number of rotatable bonds is 6. The first-order valence-electron chi connectivity index (χ1n) is 6.93. The molecular weight excluding hydrogens is 240 g/mol. The molecule has 0 radical (unpaired) electrons. The quantitative estimate of drug-likeness (QED) is 0.814. The van der Waals surface area contributed by atoms with Crippen molar-refractivity contribution in [2.75, 3.05) is 26.7 Å². The van der Waals surface area contributed by atoms with Crippen molar-refractivity contribution in [3.63, 3.8) is 0 Å². The number of likely N-dealkylation sites (N-methyl/N-ethyl adjacent to an activating group) is 1. The van der Waals surface area contributed by atoms with Crippen LogP contribution in [0.1, 0.15) is 28.8 Å². The fraction of sp³-hybridized carbons (Fsp3) is 0.533. The maximum absolute atomic E-state index is 12.2. The Morgan fingerprint density at radius 1 is 1.42 bits per heavy atom. The molecule has 1 fully saturated rings. The van der Waals surface area contributed by atoms with Crippen molar-refractivity contribution in [1.82, 2.24) is 10.6 Å². The first-order valence-corrected chi connectivity index (χ1v) is 6.93. The van der Waals surface area contributed by atoms with E-state index in [0.717, 1.165) is 43.5 Å². The first-order chi connectivity index (χ1) is 9.31. The highest BCUT2D eigenvalue weighted by Gasteiger charge is 2.17. The van der Waals surface area contributed by atoms with E-state index < -0.39 is 0 Å². The number of nitrogens with one attached hydrogen (secondary N) is 2. The van der Waals surface area contributed by atoms with E-state index in [-0.39, 0.29) is 12.0 Å². The molecule has 1 saturated heterocycles. The second-order valence-corrected chi connectivity index (χ2v) is 4.86. The van der Waals surface area contributed by atoms with E-state index in [4.69, 9.17) is 4.74 Å². The molecule has 0 saturated carbocycles. The van der Waals surface area contributed by atoms with Gasteiger partial charge in [-0.3, -0.25) is 4.79 Å². The van der Waals surface area contributed by atoms with E-state index in [9.17, 15) is 4.79 Å². The maximum atomic E-state index is 12.2. The molecule has 0 spiro atoms. The van der Waals surface area contributed by atoms with E-state index in [2.05, 4.69) is 10.6 Å². The predicted octanol–water partition coefficient (Wildman–Crippen LogP) is 1.36. The minimum atomic E-state index is 0.00204. The molecule has 0 aromatic heterocycles. The Morgan fingerprint density at radius 3 is 3.00 bits per heavy atom. The van der Waals surface area contributed by atoms with E-state index in [1.165, 1.54) is 0 Å². The molecule has 19 heavy (non-hydrogen) atoms. The van der Waals surface area contributed by atoms with Crippen LogP contribution in [-0.4, -0.2) is 38.8 Å². The van der Waals surface area contributed by atoms with Gasteiger partial charge in [0.15, 0.2) is 0 Å². The molecule has 1 heterocycles. The Bertz CT molecular complexity index is 414. The summed E-state index contributed by atoms with van der Waals surface area (Å²) in [7, 11) is 1.92. The van der Waals surface area contributed by atoms with Crippen LogP contribution in [0, 0.1) is 0 Å². The average molecular weight is 262 g/mol. The monoisotopic (exact) mass is 262 g/mol. The fourth-order valence-electron chi connectivity index (χ4n) is 2.33. The smallest absolute Gasteiger partial charge is 0.251 e. The predicted molar refractivity (Wildman–Crippen MR) is 75.4 cm³/mol. The summed E-state index contributed by atoms with van der Waals surface area (Å²) in [5.41, 5.74) is 1.86. The zero-order valence-corrected chi connectivity index (χ0v) is 11.4. The Balaban J connectivity index is 1.93. The molecule has 4 nitrogen and oxygen atoms in total. The lowest BCUT2D eigenvalue weighted by Crippen LogP contribution is -2.32. The van der Waals surface area contributed by atoms with Gasteiger partial charge in [0.1, 0.15) is 0 Å². The molecule has 1 aromatic carbocycles. The van der Waals surface area contributed by atoms with Crippen LogP contribution in [0.4, 0.5) is 0 Å². The summed E-state index contributed by atoms with van der Waals surface area (Å²) in [4.78, 5) is 12.2. The molecule has 1 aliphatic heterocycles. The van der Waals surface area contributed by atoms with Gasteiger partial charge in [-0.1, -0.05) is 18.2 Å². The van der Waals surface area contributed by atoms with Gasteiger partial charge >= 0.3 is 0 Å². The highest BCUT2D eigenvalue weighted by Crippen LogP contribution is 2.12. The van der Waals surface area contributed by atoms with Crippen molar-refractivity contribution in [3.8, 4) is 0 Å². The molecule has 1 unspecified atom stereocenters. The lowest BCUT2D eigenvalue weighted by atomic mass is 10.0. The molecular formula is C15H22N2O2. The summed E-state index contributed by atoms with van der Waals surface area (Å²) in [6.45, 7) is 2.30. The third-order valence-electron chi connectivity index (χ3n) is 3.42. The van der Waals surface area contributed by atoms with Crippen LogP contribution in [0.15, 0.2) is 24.3 Å². The van der Waals surface area contributed by atoms with Crippen LogP contribution in [0.5, 0.6) is 0 Å². The van der Waals surface area contributed by atoms with Gasteiger partial charge in [-0.25, -0.2) is 0 Å². The van der Waals surface area contributed by atoms with Crippen LogP contribution < -0.4 is 10.6 Å². The molecule has 2 rings (SSSR count). The van der Waals surface area contributed by atoms with Crippen molar-refractivity contribution in [2.45, 2.75) is 25.4 Å². The summed E-state index contributed by atoms with van der Waals surface area (Å²) in [5, 5.41) is 6.08. The molecule has 4 heteroatoms. The summed E-state index contributed by atoms with van der Waals surface area (Å²) in [6.07, 6.45) is 3.19. The number of benzene rings is 1. The van der Waals surface area contributed by atoms with E-state index in [0.29, 0.717) is 6.54 Å². The molecule has 0 bridgehead atoms. The average Bonchev–Trinajstić information content (AvgIpc) is 2.96. The van der Waals surface area contributed by atoms with Gasteiger partial charge in [0.25, 0.3) is 5.91 Å². The number of ether oxygens (including phenoxy) is 1. The standard InChI is InChI=1S/C15H22N2O2/c1-16-9-8-12-5-2-3-7-14(12)15(18)17-11-13-6-4-10-19-13/h2-3,5,7,13,16H,4,6,8-11H2,1H3,(H,17,18). The number of hydrogen-bond acceptors (Lipinski definition) is 3. The minimum Gasteiger partial charge on any atom is -0.376 e. The van der Waals surface area contributed by atoms with Gasteiger partial charge in [0.2, 0.25) is 0 Å². The second kappa shape index (κ2) is 7.26. The number of hydrogen-bond donors (Lipinski definition) is 2. The van der Waals surface area contributed by atoms with Gasteiger partial charge in [0, 0.05) is 18.7 Å². The maximum Gasteiger partial charge on any atom is 0.251 e. The summed E-state index contributed by atoms with van der Waals surface area (Å²) < 4.78 is 5.51. The van der Waals surface area contributed by atoms with Gasteiger partial charge in [-0.2, -0.15) is 0 Å². The van der Waals surface area contributed by atoms with E-state index >= 15 is 0 Å². The minimum absolute atomic E-state index is 0.00204. The Morgan fingerprint density at radius 2 is 2.26 bits per heavy atom. The molecule has 2 N–H and O–H groups in total. The van der Waals surface area contributed by atoms with Crippen molar-refractivity contribution < 1.29 is 9.53 Å². The molecule has 1 aromatic rings. The van der Waals surface area contributed by atoms with Crippen molar-refractivity contribution in [2.24, 2.45) is 0 Å². The van der Waals surface area contributed by atoms with Gasteiger partial charge < -0.3 is 15.4 Å². The summed E-state index contributed by atoms with van der Waals surface area (Å²) in [5.74, 6) is 0.00204. The zero-order valence-electron chi connectivity index (χ0n) is 11.4. The highest BCUT2D eigenvalue weighted by atomic mass is 16.5. The lowest BCUT2D eigenvalue weighted by molar-refractivity contribution is 0.0857. The third kappa shape index (κ3) is 4.04. The molecule has 1 amide bonds. The van der Waals surface area contributed by atoms with Crippen LogP contribution in [0.25, 0.3) is 0 Å². The van der Waals surface area contributed by atoms with Gasteiger partial charge in [0.05, 0.1) is 6.10 Å². The SMILES string of the molecule is CNCCc1ccccc1C(=O)NCC1CCCO1. The lowest BCUT2D eigenvalue weighted by Gasteiger charge is -2.13. The number of carbonyl (C=O) groups is 1. The Hall–Kier alpha value is -1.39. The molecule has 1 aliphatic rings. The number of amides is 1. The number of carbonyl (C=O) groups excluding carboxylic acids is 1. The van der Waals surface area contributed by atoms with Crippen molar-refractivity contribution in [3.05, 3.63) is 35.4 Å². The van der Waals surface area contributed by atoms with Crippen LogP contribution >= 0.6 is 0 Å². The van der Waals surface area contributed by atoms with Crippen molar-refractivity contribution in [1.29, 1.82) is 0 Å². The van der Waals surface area contributed by atoms with E-state index in [1.807, 2.05) is 31.3 Å². The molecule has 1 atom stereocenters. The van der Waals surface area contributed by atoms with Crippen LogP contribution in [-0.2, 0) is 11.2 Å². The van der Waals surface area contributed by atoms with Crippen LogP contribution in [0.3, 0.4) is 0 Å². The molecule has 104 valence electrons. The van der Waals surface area contributed by atoms with Gasteiger partial charge in [-0.15, -0.1) is 0 Å². The Labute approximate surface area is 114 Å². The summed E-state index contributed by atoms with van der Waals surface area (Å²) in [6, 6.07) is 7.78. The van der Waals surface area contributed by atoms with E-state index in [1.54, 1.807) is 0 Å². The third-order valence-corrected chi connectivity index (χ3v) is 3.42. The topological polar surface area (TPSA) is 50.4 Å². The van der Waals surface area contributed by atoms with Crippen molar-refractivity contribution >= 4 is 5.91 Å². The zero-order chi connectivity index (χ0) is 13.5. The van der Waals surface area contributed by atoms with Gasteiger partial charge in [-0.05, 0) is 44.5 Å². The normalized spacial score (nSPS) is 18.5. The summed E-state index contributed by atoms with van der Waals surface area (Å²) >= 11 is 0. The van der Waals surface area contributed by atoms with Crippen LogP contribution in [0.2, 0.25) is 0 Å². The fourth-order valence-corrected chi connectivity index (χ4v) is 2.33. The second-order valence-electron chi connectivity index (χ2n) is 4.86. The largest absolute Gasteiger partial charge is 0.376 e. The highest BCUT2D eigenvalue weighted by molar-refractivity contribution is 5.95. The first kappa shape index (κ1) is 14.0.